The quantitative estimate of drug-likeness (QED) is 0.832. The van der Waals surface area contributed by atoms with Gasteiger partial charge in [0.05, 0.1) is 0 Å². The summed E-state index contributed by atoms with van der Waals surface area (Å²) in [5, 5.41) is 6.34. The summed E-state index contributed by atoms with van der Waals surface area (Å²) in [4.78, 5) is 27.6. The van der Waals surface area contributed by atoms with E-state index < -0.39 is 6.04 Å². The number of rotatable bonds is 6. The van der Waals surface area contributed by atoms with Gasteiger partial charge in [0.25, 0.3) is 5.91 Å². The first-order valence-corrected chi connectivity index (χ1v) is 9.32. The van der Waals surface area contributed by atoms with Crippen LogP contribution in [0, 0.1) is 5.92 Å². The maximum absolute atomic E-state index is 13.2. The summed E-state index contributed by atoms with van der Waals surface area (Å²) in [5.74, 6) is 0.363. The van der Waals surface area contributed by atoms with Crippen molar-refractivity contribution in [2.75, 3.05) is 13.1 Å². The van der Waals surface area contributed by atoms with Crippen molar-refractivity contribution in [1.82, 2.24) is 15.5 Å². The Hall–Kier alpha value is -1.88. The van der Waals surface area contributed by atoms with Crippen LogP contribution in [-0.2, 0) is 4.79 Å². The van der Waals surface area contributed by atoms with Gasteiger partial charge in [-0.3, -0.25) is 9.59 Å². The molecule has 25 heavy (non-hydrogen) atoms. The lowest BCUT2D eigenvalue weighted by molar-refractivity contribution is -0.139. The van der Waals surface area contributed by atoms with Gasteiger partial charge in [0.15, 0.2) is 0 Å². The smallest absolute Gasteiger partial charge is 0.251 e. The number of amides is 2. The molecule has 3 unspecified atom stereocenters. The molecule has 1 aromatic rings. The Morgan fingerprint density at radius 1 is 1.24 bits per heavy atom. The average molecular weight is 345 g/mol. The first-order valence-electron chi connectivity index (χ1n) is 9.32. The number of nitrogens with zero attached hydrogens (tertiary/aromatic N) is 1. The molecule has 2 rings (SSSR count). The lowest BCUT2D eigenvalue weighted by atomic mass is 9.97. The molecule has 2 N–H and O–H groups in total. The fraction of sp³-hybridized carbons (Fsp3) is 0.600. The van der Waals surface area contributed by atoms with Crippen LogP contribution in [-0.4, -0.2) is 47.9 Å². The predicted octanol–water partition coefficient (Wildman–Crippen LogP) is 2.43. The van der Waals surface area contributed by atoms with E-state index in [0.717, 1.165) is 19.5 Å². The lowest BCUT2D eigenvalue weighted by Crippen LogP contribution is -2.62. The van der Waals surface area contributed by atoms with Gasteiger partial charge in [-0.05, 0) is 37.8 Å². The number of carbonyl (C=O) groups is 2. The van der Waals surface area contributed by atoms with Gasteiger partial charge in [-0.15, -0.1) is 0 Å². The molecule has 0 spiro atoms. The van der Waals surface area contributed by atoms with E-state index in [1.54, 1.807) is 12.1 Å². The third-order valence-corrected chi connectivity index (χ3v) is 4.73. The Morgan fingerprint density at radius 3 is 2.52 bits per heavy atom. The van der Waals surface area contributed by atoms with Crippen LogP contribution in [0.5, 0.6) is 0 Å². The highest BCUT2D eigenvalue weighted by molar-refractivity contribution is 5.97. The van der Waals surface area contributed by atoms with Crippen LogP contribution in [0.3, 0.4) is 0 Å². The third-order valence-electron chi connectivity index (χ3n) is 4.73. The Morgan fingerprint density at radius 2 is 1.92 bits per heavy atom. The molecular formula is C20H31N3O2. The molecule has 1 aliphatic rings. The van der Waals surface area contributed by atoms with E-state index in [0.29, 0.717) is 17.9 Å². The summed E-state index contributed by atoms with van der Waals surface area (Å²) < 4.78 is 0. The summed E-state index contributed by atoms with van der Waals surface area (Å²) in [7, 11) is 0. The van der Waals surface area contributed by atoms with E-state index in [1.807, 2.05) is 30.0 Å². The molecule has 1 saturated heterocycles. The van der Waals surface area contributed by atoms with Crippen molar-refractivity contribution in [1.29, 1.82) is 0 Å². The zero-order chi connectivity index (χ0) is 18.4. The SMILES string of the molecule is CCC(NC(=O)c1ccccc1)C(=O)N1C(C)CNCC1CC(C)C. The Balaban J connectivity index is 2.11. The maximum atomic E-state index is 13.2. The van der Waals surface area contributed by atoms with Crippen LogP contribution in [0.25, 0.3) is 0 Å². The molecule has 1 aromatic carbocycles. The largest absolute Gasteiger partial charge is 0.340 e. The normalized spacial score (nSPS) is 21.9. The van der Waals surface area contributed by atoms with Gasteiger partial charge in [0, 0.05) is 30.7 Å². The van der Waals surface area contributed by atoms with Crippen LogP contribution in [0.1, 0.15) is 50.9 Å². The minimum Gasteiger partial charge on any atom is -0.340 e. The summed E-state index contributed by atoms with van der Waals surface area (Å²) in [6, 6.07) is 8.89. The molecule has 138 valence electrons. The lowest BCUT2D eigenvalue weighted by Gasteiger charge is -2.43. The Labute approximate surface area is 151 Å². The number of benzene rings is 1. The van der Waals surface area contributed by atoms with Crippen molar-refractivity contribution in [2.45, 2.75) is 58.7 Å². The van der Waals surface area contributed by atoms with Gasteiger partial charge in [-0.2, -0.15) is 0 Å². The van der Waals surface area contributed by atoms with Crippen molar-refractivity contribution >= 4 is 11.8 Å². The van der Waals surface area contributed by atoms with Gasteiger partial charge in [-0.25, -0.2) is 0 Å². The molecule has 2 amide bonds. The molecule has 0 radical (unpaired) electrons. The molecule has 0 aliphatic carbocycles. The topological polar surface area (TPSA) is 61.4 Å². The number of hydrogen-bond donors (Lipinski definition) is 2. The summed E-state index contributed by atoms with van der Waals surface area (Å²) in [6.45, 7) is 9.98. The molecule has 5 heteroatoms. The highest BCUT2D eigenvalue weighted by Gasteiger charge is 2.35. The first kappa shape index (κ1) is 19.4. The summed E-state index contributed by atoms with van der Waals surface area (Å²) in [5.41, 5.74) is 0.584. The number of hydrogen-bond acceptors (Lipinski definition) is 3. The highest BCUT2D eigenvalue weighted by atomic mass is 16.2. The highest BCUT2D eigenvalue weighted by Crippen LogP contribution is 2.19. The standard InChI is InChI=1S/C20H31N3O2/c1-5-18(22-19(24)16-9-7-6-8-10-16)20(25)23-15(4)12-21-13-17(23)11-14(2)3/h6-10,14-15,17-18,21H,5,11-13H2,1-4H3,(H,22,24). The number of carbonyl (C=O) groups excluding carboxylic acids is 2. The van der Waals surface area contributed by atoms with E-state index in [-0.39, 0.29) is 23.9 Å². The molecule has 0 saturated carbocycles. The first-order chi connectivity index (χ1) is 11.9. The number of nitrogens with one attached hydrogen (secondary N) is 2. The van der Waals surface area contributed by atoms with E-state index in [9.17, 15) is 9.59 Å². The third kappa shape index (κ3) is 5.05. The van der Waals surface area contributed by atoms with Gasteiger partial charge >= 0.3 is 0 Å². The van der Waals surface area contributed by atoms with Crippen molar-refractivity contribution < 1.29 is 9.59 Å². The van der Waals surface area contributed by atoms with Crippen LogP contribution in [0.15, 0.2) is 30.3 Å². The summed E-state index contributed by atoms with van der Waals surface area (Å²) >= 11 is 0. The van der Waals surface area contributed by atoms with Crippen LogP contribution in [0.2, 0.25) is 0 Å². The molecular weight excluding hydrogens is 314 g/mol. The van der Waals surface area contributed by atoms with Crippen LogP contribution in [0.4, 0.5) is 0 Å². The molecule has 1 aliphatic heterocycles. The van der Waals surface area contributed by atoms with Crippen molar-refractivity contribution in [2.24, 2.45) is 5.92 Å². The number of piperazine rings is 1. The van der Waals surface area contributed by atoms with E-state index in [2.05, 4.69) is 31.4 Å². The Kier molecular flexibility index (Phi) is 7.00. The molecule has 1 heterocycles. The minimum atomic E-state index is -0.483. The van der Waals surface area contributed by atoms with Gasteiger partial charge in [0.1, 0.15) is 6.04 Å². The maximum Gasteiger partial charge on any atom is 0.251 e. The van der Waals surface area contributed by atoms with Gasteiger partial charge in [0.2, 0.25) is 5.91 Å². The zero-order valence-electron chi connectivity index (χ0n) is 15.8. The predicted molar refractivity (Wildman–Crippen MR) is 100 cm³/mol. The fourth-order valence-corrected chi connectivity index (χ4v) is 3.50. The van der Waals surface area contributed by atoms with Crippen molar-refractivity contribution in [3.63, 3.8) is 0 Å². The average Bonchev–Trinajstić information content (AvgIpc) is 2.59. The van der Waals surface area contributed by atoms with Crippen molar-refractivity contribution in [3.05, 3.63) is 35.9 Å². The van der Waals surface area contributed by atoms with Crippen LogP contribution < -0.4 is 10.6 Å². The molecule has 5 nitrogen and oxygen atoms in total. The molecule has 0 bridgehead atoms. The minimum absolute atomic E-state index is 0.0337. The second-order valence-electron chi connectivity index (χ2n) is 7.34. The zero-order valence-corrected chi connectivity index (χ0v) is 15.8. The van der Waals surface area contributed by atoms with E-state index in [4.69, 9.17) is 0 Å². The van der Waals surface area contributed by atoms with E-state index in [1.165, 1.54) is 0 Å². The van der Waals surface area contributed by atoms with Crippen LogP contribution >= 0.6 is 0 Å². The second kappa shape index (κ2) is 8.99. The molecule has 0 aromatic heterocycles. The monoisotopic (exact) mass is 345 g/mol. The van der Waals surface area contributed by atoms with E-state index >= 15 is 0 Å². The second-order valence-corrected chi connectivity index (χ2v) is 7.34. The van der Waals surface area contributed by atoms with Crippen molar-refractivity contribution in [3.8, 4) is 0 Å². The Bertz CT molecular complexity index is 574. The molecule has 1 fully saturated rings. The fourth-order valence-electron chi connectivity index (χ4n) is 3.50. The van der Waals surface area contributed by atoms with Gasteiger partial charge < -0.3 is 15.5 Å². The summed E-state index contributed by atoms with van der Waals surface area (Å²) in [6.07, 6.45) is 1.55. The van der Waals surface area contributed by atoms with Gasteiger partial charge in [-0.1, -0.05) is 39.0 Å². The molecule has 3 atom stereocenters.